The summed E-state index contributed by atoms with van der Waals surface area (Å²) in [4.78, 5) is 15.3. The molecule has 1 aromatic heterocycles. The Bertz CT molecular complexity index is 1350. The lowest BCUT2D eigenvalue weighted by molar-refractivity contribution is -0.122. The molecule has 4 rings (SSSR count). The highest BCUT2D eigenvalue weighted by Gasteiger charge is 2.34. The van der Waals surface area contributed by atoms with Gasteiger partial charge in [0.05, 0.1) is 37.6 Å². The van der Waals surface area contributed by atoms with Crippen LogP contribution in [0.2, 0.25) is 5.02 Å². The maximum atomic E-state index is 13.3. The zero-order valence-electron chi connectivity index (χ0n) is 20.6. The van der Waals surface area contributed by atoms with Gasteiger partial charge in [0.1, 0.15) is 11.5 Å². The van der Waals surface area contributed by atoms with E-state index in [0.29, 0.717) is 50.4 Å². The van der Waals surface area contributed by atoms with E-state index in [2.05, 4.69) is 24.1 Å². The molecule has 0 spiro atoms. The quantitative estimate of drug-likeness (QED) is 0.198. The van der Waals surface area contributed by atoms with E-state index in [1.807, 2.05) is 18.2 Å². The fourth-order valence-electron chi connectivity index (χ4n) is 3.35. The molecule has 0 radical (unpaired) electrons. The van der Waals surface area contributed by atoms with Gasteiger partial charge in [0.15, 0.2) is 16.7 Å². The molecular formula is C27H26ClN3O5S. The van der Waals surface area contributed by atoms with Gasteiger partial charge in [-0.25, -0.2) is 0 Å². The molecule has 0 unspecified atom stereocenters. The first-order chi connectivity index (χ1) is 17.8. The van der Waals surface area contributed by atoms with Crippen molar-refractivity contribution in [2.45, 2.75) is 20.4 Å². The van der Waals surface area contributed by atoms with Gasteiger partial charge >= 0.3 is 0 Å². The van der Waals surface area contributed by atoms with Gasteiger partial charge in [-0.1, -0.05) is 31.5 Å². The first-order valence-corrected chi connectivity index (χ1v) is 12.7. The summed E-state index contributed by atoms with van der Waals surface area (Å²) in [5.41, 5.74) is 1.18. The van der Waals surface area contributed by atoms with Crippen LogP contribution in [0.1, 0.15) is 30.7 Å². The van der Waals surface area contributed by atoms with Crippen molar-refractivity contribution in [3.8, 4) is 17.2 Å². The Morgan fingerprint density at radius 2 is 2.03 bits per heavy atom. The Balaban J connectivity index is 1.61. The van der Waals surface area contributed by atoms with E-state index >= 15 is 0 Å². The standard InChI is InChI=1S/C27H26ClN3O5S/c1-17(2)16-36-23-9-6-18(11-24(23)34-3)12-25-26(33)31(15-21-5-4-10-35-21)27(37-25)30-29-14-19-13-20(28)7-8-22(19)32/h4-14,17,32H,15-16H2,1-3H3/b25-12-,29-14+,30-27-. The molecule has 1 fully saturated rings. The number of furan rings is 1. The van der Waals surface area contributed by atoms with Crippen molar-refractivity contribution >= 4 is 46.7 Å². The molecule has 0 atom stereocenters. The van der Waals surface area contributed by atoms with Gasteiger partial charge < -0.3 is 19.0 Å². The van der Waals surface area contributed by atoms with Crippen LogP contribution in [0.15, 0.2) is 74.3 Å². The topological polar surface area (TPSA) is 96.9 Å². The number of halogens is 1. The summed E-state index contributed by atoms with van der Waals surface area (Å²) in [5, 5.41) is 19.2. The number of hydrogen-bond acceptors (Lipinski definition) is 8. The predicted molar refractivity (Wildman–Crippen MR) is 146 cm³/mol. The normalized spacial score (nSPS) is 16.0. The van der Waals surface area contributed by atoms with Gasteiger partial charge in [-0.05, 0) is 71.8 Å². The zero-order chi connectivity index (χ0) is 26.4. The summed E-state index contributed by atoms with van der Waals surface area (Å²) in [6.07, 6.45) is 4.70. The molecule has 1 aliphatic heterocycles. The Kier molecular flexibility index (Phi) is 8.58. The Morgan fingerprint density at radius 1 is 1.19 bits per heavy atom. The smallest absolute Gasteiger partial charge is 0.267 e. The van der Waals surface area contributed by atoms with E-state index in [0.717, 1.165) is 5.56 Å². The molecule has 37 heavy (non-hydrogen) atoms. The maximum absolute atomic E-state index is 13.3. The highest BCUT2D eigenvalue weighted by Crippen LogP contribution is 2.36. The lowest BCUT2D eigenvalue weighted by atomic mass is 10.1. The molecule has 0 bridgehead atoms. The van der Waals surface area contributed by atoms with Crippen molar-refractivity contribution in [1.29, 1.82) is 0 Å². The average molecular weight is 540 g/mol. The third-order valence-electron chi connectivity index (χ3n) is 5.17. The second-order valence-corrected chi connectivity index (χ2v) is 9.97. The molecule has 1 N–H and O–H groups in total. The minimum Gasteiger partial charge on any atom is -0.507 e. The molecule has 2 heterocycles. The molecule has 1 amide bonds. The Hall–Kier alpha value is -3.69. The van der Waals surface area contributed by atoms with Crippen molar-refractivity contribution in [2.24, 2.45) is 16.1 Å². The number of rotatable bonds is 9. The number of carbonyl (C=O) groups is 1. The van der Waals surface area contributed by atoms with E-state index in [-0.39, 0.29) is 18.2 Å². The molecule has 3 aromatic rings. The number of phenols is 1. The van der Waals surface area contributed by atoms with E-state index in [1.165, 1.54) is 28.9 Å². The van der Waals surface area contributed by atoms with Gasteiger partial charge in [0.25, 0.3) is 5.91 Å². The maximum Gasteiger partial charge on any atom is 0.267 e. The third kappa shape index (κ3) is 6.75. The fraction of sp³-hybridized carbons (Fsp3) is 0.222. The highest BCUT2D eigenvalue weighted by molar-refractivity contribution is 8.18. The molecular weight excluding hydrogens is 514 g/mol. The van der Waals surface area contributed by atoms with Crippen LogP contribution in [0.3, 0.4) is 0 Å². The molecule has 8 nitrogen and oxygen atoms in total. The number of amides is 1. The van der Waals surface area contributed by atoms with Crippen LogP contribution < -0.4 is 9.47 Å². The van der Waals surface area contributed by atoms with Crippen LogP contribution >= 0.6 is 23.4 Å². The zero-order valence-corrected chi connectivity index (χ0v) is 22.1. The number of carbonyl (C=O) groups excluding carboxylic acids is 1. The van der Waals surface area contributed by atoms with Crippen molar-refractivity contribution in [3.63, 3.8) is 0 Å². The highest BCUT2D eigenvalue weighted by atomic mass is 35.5. The minimum atomic E-state index is -0.236. The monoisotopic (exact) mass is 539 g/mol. The number of benzene rings is 2. The van der Waals surface area contributed by atoms with Crippen molar-refractivity contribution in [1.82, 2.24) is 4.90 Å². The van der Waals surface area contributed by atoms with Gasteiger partial charge in [0, 0.05) is 10.6 Å². The number of thioether (sulfide) groups is 1. The first kappa shape index (κ1) is 26.4. The van der Waals surface area contributed by atoms with Gasteiger partial charge in [-0.2, -0.15) is 5.10 Å². The number of nitrogens with zero attached hydrogens (tertiary/aromatic N) is 3. The lowest BCUT2D eigenvalue weighted by Crippen LogP contribution is -2.28. The predicted octanol–water partition coefficient (Wildman–Crippen LogP) is 6.19. The van der Waals surface area contributed by atoms with Crippen LogP contribution in [0.5, 0.6) is 17.2 Å². The molecule has 192 valence electrons. The molecule has 2 aromatic carbocycles. The summed E-state index contributed by atoms with van der Waals surface area (Å²) >= 11 is 7.19. The molecule has 1 aliphatic rings. The average Bonchev–Trinajstić information content (AvgIpc) is 3.49. The summed E-state index contributed by atoms with van der Waals surface area (Å²) in [7, 11) is 1.58. The lowest BCUT2D eigenvalue weighted by Gasteiger charge is -2.13. The summed E-state index contributed by atoms with van der Waals surface area (Å²) < 4.78 is 16.8. The number of ether oxygens (including phenoxy) is 2. The minimum absolute atomic E-state index is 0.0197. The SMILES string of the molecule is COc1cc(/C=C2\S/C(=N\N=C\c3cc(Cl)ccc3O)N(Cc3ccco3)C2=O)ccc1OCC(C)C. The Morgan fingerprint density at radius 3 is 2.76 bits per heavy atom. The number of aromatic hydroxyl groups is 1. The van der Waals surface area contributed by atoms with Crippen LogP contribution in [-0.2, 0) is 11.3 Å². The largest absolute Gasteiger partial charge is 0.507 e. The van der Waals surface area contributed by atoms with Crippen LogP contribution in [-0.4, -0.2) is 41.0 Å². The van der Waals surface area contributed by atoms with E-state index in [1.54, 1.807) is 43.7 Å². The van der Waals surface area contributed by atoms with Crippen LogP contribution in [0.25, 0.3) is 6.08 Å². The number of methoxy groups -OCH3 is 1. The van der Waals surface area contributed by atoms with E-state index < -0.39 is 0 Å². The second-order valence-electron chi connectivity index (χ2n) is 8.53. The summed E-state index contributed by atoms with van der Waals surface area (Å²) in [6.45, 7) is 4.91. The molecule has 0 aliphatic carbocycles. The first-order valence-electron chi connectivity index (χ1n) is 11.5. The summed E-state index contributed by atoms with van der Waals surface area (Å²) in [5.74, 6) is 1.99. The van der Waals surface area contributed by atoms with Gasteiger partial charge in [-0.15, -0.1) is 5.10 Å². The number of hydrogen-bond donors (Lipinski definition) is 1. The van der Waals surface area contributed by atoms with E-state index in [4.69, 9.17) is 25.5 Å². The fourth-order valence-corrected chi connectivity index (χ4v) is 4.47. The molecule has 10 heteroatoms. The van der Waals surface area contributed by atoms with Gasteiger partial charge in [-0.3, -0.25) is 9.69 Å². The Labute approximate surface area is 224 Å². The third-order valence-corrected chi connectivity index (χ3v) is 6.40. The second kappa shape index (κ2) is 12.0. The number of phenolic OH excluding ortho intramolecular Hbond substituents is 1. The summed E-state index contributed by atoms with van der Waals surface area (Å²) in [6, 6.07) is 13.7. The van der Waals surface area contributed by atoms with Crippen LogP contribution in [0.4, 0.5) is 0 Å². The van der Waals surface area contributed by atoms with Gasteiger partial charge in [0.2, 0.25) is 0 Å². The molecule has 1 saturated heterocycles. The van der Waals surface area contributed by atoms with Crippen molar-refractivity contribution in [2.75, 3.05) is 13.7 Å². The van der Waals surface area contributed by atoms with E-state index in [9.17, 15) is 9.90 Å². The van der Waals surface area contributed by atoms with Crippen LogP contribution in [0, 0.1) is 5.92 Å². The van der Waals surface area contributed by atoms with Crippen molar-refractivity contribution < 1.29 is 23.8 Å². The van der Waals surface area contributed by atoms with Crippen molar-refractivity contribution in [3.05, 3.63) is 81.6 Å². The molecule has 0 saturated carbocycles. The number of amidine groups is 1.